The zero-order valence-electron chi connectivity index (χ0n) is 16.0. The average Bonchev–Trinajstić information content (AvgIpc) is 3.33. The fourth-order valence-electron chi connectivity index (χ4n) is 2.85. The third-order valence-corrected chi connectivity index (χ3v) is 6.77. The third-order valence-electron chi connectivity index (χ3n) is 4.30. The van der Waals surface area contributed by atoms with Crippen molar-refractivity contribution in [3.05, 3.63) is 78.2 Å². The number of aromatic nitrogens is 2. The second-order valence-corrected chi connectivity index (χ2v) is 8.81. The largest absolute Gasteiger partial charge is 0.497 e. The van der Waals surface area contributed by atoms with Crippen molar-refractivity contribution in [1.29, 1.82) is 0 Å². The highest BCUT2D eigenvalue weighted by Crippen LogP contribution is 2.37. The SMILES string of the molecule is COc1ccc(Cl)c(-c2cc3[nH]c(=O)n(/C=C/N=Cc4cc(C)cs4)c(=O)c3s2)c1. The van der Waals surface area contributed by atoms with Crippen LogP contribution in [0.15, 0.2) is 56.5 Å². The van der Waals surface area contributed by atoms with E-state index in [9.17, 15) is 9.59 Å². The van der Waals surface area contributed by atoms with Crippen molar-refractivity contribution in [2.75, 3.05) is 7.11 Å². The van der Waals surface area contributed by atoms with Crippen LogP contribution >= 0.6 is 34.3 Å². The summed E-state index contributed by atoms with van der Waals surface area (Å²) in [5.41, 5.74) is 1.41. The van der Waals surface area contributed by atoms with E-state index in [0.717, 1.165) is 25.4 Å². The Balaban J connectivity index is 1.71. The summed E-state index contributed by atoms with van der Waals surface area (Å²) in [4.78, 5) is 33.9. The molecule has 3 heterocycles. The van der Waals surface area contributed by atoms with Crippen molar-refractivity contribution >= 4 is 56.9 Å². The Morgan fingerprint density at radius 3 is 2.80 bits per heavy atom. The first-order chi connectivity index (χ1) is 14.5. The van der Waals surface area contributed by atoms with Gasteiger partial charge in [-0.3, -0.25) is 9.79 Å². The number of benzene rings is 1. The number of hydrogen-bond donors (Lipinski definition) is 1. The monoisotopic (exact) mass is 457 g/mol. The molecule has 0 spiro atoms. The topological polar surface area (TPSA) is 76.5 Å². The molecular weight excluding hydrogens is 442 g/mol. The summed E-state index contributed by atoms with van der Waals surface area (Å²) in [6.45, 7) is 2.01. The van der Waals surface area contributed by atoms with E-state index in [1.165, 1.54) is 23.7 Å². The lowest BCUT2D eigenvalue weighted by molar-refractivity contribution is 0.415. The molecular formula is C21H16ClN3O3S2. The molecule has 1 aromatic carbocycles. The number of fused-ring (bicyclic) bond motifs is 1. The van der Waals surface area contributed by atoms with Crippen LogP contribution < -0.4 is 16.0 Å². The fraction of sp³-hybridized carbons (Fsp3) is 0.0952. The number of methoxy groups -OCH3 is 1. The molecule has 0 aliphatic heterocycles. The van der Waals surface area contributed by atoms with Gasteiger partial charge in [0.15, 0.2) is 0 Å². The molecule has 0 saturated carbocycles. The molecule has 6 nitrogen and oxygen atoms in total. The van der Waals surface area contributed by atoms with Crippen LogP contribution in [-0.4, -0.2) is 22.9 Å². The zero-order chi connectivity index (χ0) is 21.3. The highest BCUT2D eigenvalue weighted by molar-refractivity contribution is 7.22. The van der Waals surface area contributed by atoms with Gasteiger partial charge < -0.3 is 9.72 Å². The zero-order valence-corrected chi connectivity index (χ0v) is 18.4. The maximum absolute atomic E-state index is 12.9. The number of rotatable bonds is 5. The van der Waals surface area contributed by atoms with E-state index < -0.39 is 11.2 Å². The maximum atomic E-state index is 12.9. The van der Waals surface area contributed by atoms with E-state index in [4.69, 9.17) is 16.3 Å². The number of halogens is 1. The minimum Gasteiger partial charge on any atom is -0.497 e. The molecule has 0 aliphatic rings. The summed E-state index contributed by atoms with van der Waals surface area (Å²) < 4.78 is 6.69. The summed E-state index contributed by atoms with van der Waals surface area (Å²) in [6, 6.07) is 9.04. The Hall–Kier alpha value is -2.94. The van der Waals surface area contributed by atoms with Gasteiger partial charge in [0, 0.05) is 39.0 Å². The molecule has 0 radical (unpaired) electrons. The van der Waals surface area contributed by atoms with E-state index in [0.29, 0.717) is 21.0 Å². The first-order valence-corrected chi connectivity index (χ1v) is 10.9. The summed E-state index contributed by atoms with van der Waals surface area (Å²) in [6.07, 6.45) is 4.46. The Kier molecular flexibility index (Phi) is 5.72. The van der Waals surface area contributed by atoms with Gasteiger partial charge in [-0.15, -0.1) is 22.7 Å². The molecule has 152 valence electrons. The average molecular weight is 458 g/mol. The molecule has 9 heteroatoms. The van der Waals surface area contributed by atoms with Crippen molar-refractivity contribution in [2.45, 2.75) is 6.92 Å². The normalized spacial score (nSPS) is 11.8. The molecule has 1 N–H and O–H groups in total. The van der Waals surface area contributed by atoms with Gasteiger partial charge in [-0.05, 0) is 48.2 Å². The number of nitrogens with zero attached hydrogens (tertiary/aromatic N) is 2. The fourth-order valence-corrected chi connectivity index (χ4v) is 4.97. The number of aromatic amines is 1. The van der Waals surface area contributed by atoms with Crippen LogP contribution in [0, 0.1) is 6.92 Å². The molecule has 0 saturated heterocycles. The summed E-state index contributed by atoms with van der Waals surface area (Å²) >= 11 is 9.15. The lowest BCUT2D eigenvalue weighted by atomic mass is 10.2. The third kappa shape index (κ3) is 4.02. The summed E-state index contributed by atoms with van der Waals surface area (Å²) in [5.74, 6) is 0.652. The van der Waals surface area contributed by atoms with Crippen LogP contribution in [0.5, 0.6) is 5.75 Å². The van der Waals surface area contributed by atoms with E-state index in [1.54, 1.807) is 48.9 Å². The van der Waals surface area contributed by atoms with E-state index in [-0.39, 0.29) is 0 Å². The Bertz CT molecular complexity index is 1410. The van der Waals surface area contributed by atoms with Crippen LogP contribution in [0.1, 0.15) is 10.4 Å². The lowest BCUT2D eigenvalue weighted by Gasteiger charge is -2.04. The number of hydrogen-bond acceptors (Lipinski definition) is 6. The highest BCUT2D eigenvalue weighted by Gasteiger charge is 2.14. The standard InChI is InChI=1S/C21H16ClN3O3S2/c1-12-7-14(29-11-12)10-23-5-6-25-20(26)19-17(24-21(25)27)9-18(30-19)15-8-13(28-2)3-4-16(15)22/h3-11H,1-2H3,(H,24,27)/b6-5+,23-10?. The molecule has 0 atom stereocenters. The smallest absolute Gasteiger partial charge is 0.333 e. The predicted octanol–water partition coefficient (Wildman–Crippen LogP) is 5.00. The number of thiophene rings is 2. The van der Waals surface area contributed by atoms with E-state index in [2.05, 4.69) is 9.98 Å². The molecule has 4 aromatic rings. The second kappa shape index (κ2) is 8.43. The predicted molar refractivity (Wildman–Crippen MR) is 126 cm³/mol. The highest BCUT2D eigenvalue weighted by atomic mass is 35.5. The first kappa shape index (κ1) is 20.3. The summed E-state index contributed by atoms with van der Waals surface area (Å²) in [5, 5.41) is 2.56. The first-order valence-electron chi connectivity index (χ1n) is 8.83. The van der Waals surface area contributed by atoms with Crippen molar-refractivity contribution < 1.29 is 4.74 Å². The van der Waals surface area contributed by atoms with Crippen LogP contribution in [0.4, 0.5) is 0 Å². The minimum atomic E-state index is -0.535. The van der Waals surface area contributed by atoms with Crippen LogP contribution in [0.3, 0.4) is 0 Å². The lowest BCUT2D eigenvalue weighted by Crippen LogP contribution is -2.30. The second-order valence-electron chi connectivity index (χ2n) is 6.41. The van der Waals surface area contributed by atoms with E-state index >= 15 is 0 Å². The number of aryl methyl sites for hydroxylation is 1. The van der Waals surface area contributed by atoms with Gasteiger partial charge in [0.2, 0.25) is 0 Å². The number of ether oxygens (including phenoxy) is 1. The molecule has 0 unspecified atom stereocenters. The molecule has 0 aliphatic carbocycles. The molecule has 0 amide bonds. The number of nitrogens with one attached hydrogen (secondary N) is 1. The van der Waals surface area contributed by atoms with Gasteiger partial charge in [-0.25, -0.2) is 9.36 Å². The van der Waals surface area contributed by atoms with E-state index in [1.807, 2.05) is 18.4 Å². The van der Waals surface area contributed by atoms with Crippen LogP contribution in [-0.2, 0) is 0 Å². The van der Waals surface area contributed by atoms with Crippen molar-refractivity contribution in [1.82, 2.24) is 9.55 Å². The Morgan fingerprint density at radius 1 is 1.23 bits per heavy atom. The number of aliphatic imine (C=N–C) groups is 1. The van der Waals surface area contributed by atoms with Gasteiger partial charge in [0.05, 0.1) is 12.6 Å². The van der Waals surface area contributed by atoms with Crippen molar-refractivity contribution in [3.8, 4) is 16.2 Å². The van der Waals surface area contributed by atoms with Crippen molar-refractivity contribution in [2.24, 2.45) is 4.99 Å². The van der Waals surface area contributed by atoms with Crippen LogP contribution in [0.2, 0.25) is 5.02 Å². The number of H-pyrrole nitrogens is 1. The maximum Gasteiger partial charge on any atom is 0.333 e. The van der Waals surface area contributed by atoms with Gasteiger partial charge >= 0.3 is 5.69 Å². The quantitative estimate of drug-likeness (QED) is 0.428. The van der Waals surface area contributed by atoms with Gasteiger partial charge in [0.1, 0.15) is 10.4 Å². The minimum absolute atomic E-state index is 0.414. The molecule has 30 heavy (non-hydrogen) atoms. The van der Waals surface area contributed by atoms with Gasteiger partial charge in [-0.1, -0.05) is 11.6 Å². The van der Waals surface area contributed by atoms with Crippen molar-refractivity contribution in [3.63, 3.8) is 0 Å². The Labute approximate surface area is 184 Å². The molecule has 4 rings (SSSR count). The molecule has 0 bridgehead atoms. The van der Waals surface area contributed by atoms with Gasteiger partial charge in [-0.2, -0.15) is 0 Å². The van der Waals surface area contributed by atoms with Gasteiger partial charge in [0.25, 0.3) is 5.56 Å². The van der Waals surface area contributed by atoms with Crippen LogP contribution in [0.25, 0.3) is 26.9 Å². The molecule has 3 aromatic heterocycles. The molecule has 0 fully saturated rings. The summed E-state index contributed by atoms with van der Waals surface area (Å²) in [7, 11) is 1.57. The Morgan fingerprint density at radius 2 is 2.07 bits per heavy atom.